The van der Waals surface area contributed by atoms with Gasteiger partial charge >= 0.3 is 6.18 Å². The first-order valence-electron chi connectivity index (χ1n) is 7.23. The van der Waals surface area contributed by atoms with E-state index in [9.17, 15) is 18.0 Å². The Labute approximate surface area is 136 Å². The number of ether oxygens (including phenoxy) is 1. The Bertz CT molecular complexity index is 759. The summed E-state index contributed by atoms with van der Waals surface area (Å²) in [6, 6.07) is 10.3. The molecule has 0 saturated carbocycles. The zero-order chi connectivity index (χ0) is 17.5. The highest BCUT2D eigenvalue weighted by atomic mass is 19.4. The third-order valence-electron chi connectivity index (χ3n) is 4.05. The second-order valence-electron chi connectivity index (χ2n) is 5.50. The number of nitrogens with two attached hydrogens (primary N) is 1. The monoisotopic (exact) mass is 336 g/mol. The molecule has 24 heavy (non-hydrogen) atoms. The normalized spacial score (nSPS) is 20.7. The predicted molar refractivity (Wildman–Crippen MR) is 82.6 cm³/mol. The number of rotatable bonds is 3. The van der Waals surface area contributed by atoms with Crippen LogP contribution in [0.1, 0.15) is 17.2 Å². The molecule has 0 bridgehead atoms. The molecule has 126 valence electrons. The molecule has 1 amide bonds. The molecule has 4 nitrogen and oxygen atoms in total. The minimum atomic E-state index is -4.40. The Morgan fingerprint density at radius 1 is 1.12 bits per heavy atom. The van der Waals surface area contributed by atoms with E-state index in [2.05, 4.69) is 0 Å². The van der Waals surface area contributed by atoms with Gasteiger partial charge in [0.15, 0.2) is 0 Å². The minimum absolute atomic E-state index is 0.284. The minimum Gasteiger partial charge on any atom is -0.497 e. The summed E-state index contributed by atoms with van der Waals surface area (Å²) in [4.78, 5) is 13.6. The number of alkyl halides is 3. The SMILES string of the molecule is COc1cccc(N2C(=O)C(N)C2c2ccc(C(F)(F)F)cc2)c1. The summed E-state index contributed by atoms with van der Waals surface area (Å²) in [7, 11) is 1.51. The van der Waals surface area contributed by atoms with Crippen LogP contribution < -0.4 is 15.4 Å². The number of benzene rings is 2. The summed E-state index contributed by atoms with van der Waals surface area (Å²) in [6.07, 6.45) is -4.40. The van der Waals surface area contributed by atoms with E-state index in [1.165, 1.54) is 24.1 Å². The van der Waals surface area contributed by atoms with Crippen LogP contribution in [0.3, 0.4) is 0 Å². The lowest BCUT2D eigenvalue weighted by atomic mass is 9.88. The number of hydrogen-bond acceptors (Lipinski definition) is 3. The number of halogens is 3. The van der Waals surface area contributed by atoms with Gasteiger partial charge in [-0.05, 0) is 29.8 Å². The van der Waals surface area contributed by atoms with Crippen LogP contribution >= 0.6 is 0 Å². The van der Waals surface area contributed by atoms with E-state index in [-0.39, 0.29) is 5.91 Å². The maximum atomic E-state index is 12.7. The Morgan fingerprint density at radius 2 is 1.79 bits per heavy atom. The van der Waals surface area contributed by atoms with Gasteiger partial charge in [0.05, 0.1) is 18.7 Å². The topological polar surface area (TPSA) is 55.6 Å². The van der Waals surface area contributed by atoms with Crippen LogP contribution in [0.5, 0.6) is 5.75 Å². The largest absolute Gasteiger partial charge is 0.497 e. The van der Waals surface area contributed by atoms with E-state index >= 15 is 0 Å². The molecular formula is C17H15F3N2O2. The molecule has 1 aliphatic heterocycles. The van der Waals surface area contributed by atoms with Crippen molar-refractivity contribution in [3.05, 3.63) is 59.7 Å². The van der Waals surface area contributed by atoms with E-state index in [1.54, 1.807) is 24.3 Å². The van der Waals surface area contributed by atoms with Crippen LogP contribution in [0.4, 0.5) is 18.9 Å². The summed E-state index contributed by atoms with van der Waals surface area (Å²) < 4.78 is 43.2. The molecule has 2 unspecified atom stereocenters. The Balaban J connectivity index is 1.92. The van der Waals surface area contributed by atoms with Crippen molar-refractivity contribution < 1.29 is 22.7 Å². The van der Waals surface area contributed by atoms with Crippen molar-refractivity contribution >= 4 is 11.6 Å². The highest BCUT2D eigenvalue weighted by molar-refractivity contribution is 6.05. The van der Waals surface area contributed by atoms with E-state index in [1.807, 2.05) is 0 Å². The maximum absolute atomic E-state index is 12.7. The number of anilines is 1. The molecule has 2 aromatic rings. The van der Waals surface area contributed by atoms with Gasteiger partial charge in [0.1, 0.15) is 11.8 Å². The first-order valence-corrected chi connectivity index (χ1v) is 7.23. The smallest absolute Gasteiger partial charge is 0.416 e. The molecule has 0 aromatic heterocycles. The fourth-order valence-corrected chi connectivity index (χ4v) is 2.79. The van der Waals surface area contributed by atoms with Crippen molar-refractivity contribution in [3.8, 4) is 5.75 Å². The van der Waals surface area contributed by atoms with Gasteiger partial charge in [-0.1, -0.05) is 18.2 Å². The van der Waals surface area contributed by atoms with Gasteiger partial charge < -0.3 is 15.4 Å². The van der Waals surface area contributed by atoms with E-state index in [0.29, 0.717) is 17.0 Å². The third kappa shape index (κ3) is 2.71. The van der Waals surface area contributed by atoms with Crippen molar-refractivity contribution in [2.45, 2.75) is 18.3 Å². The number of carbonyl (C=O) groups is 1. The van der Waals surface area contributed by atoms with Crippen LogP contribution in [-0.2, 0) is 11.0 Å². The molecule has 7 heteroatoms. The van der Waals surface area contributed by atoms with Crippen LogP contribution in [-0.4, -0.2) is 19.1 Å². The number of β-lactam (4-membered cyclic amide) rings is 1. The summed E-state index contributed by atoms with van der Waals surface area (Å²) >= 11 is 0. The first-order chi connectivity index (χ1) is 11.3. The fraction of sp³-hybridized carbons (Fsp3) is 0.235. The summed E-state index contributed by atoms with van der Waals surface area (Å²) in [5.41, 5.74) is 6.28. The molecule has 2 N–H and O–H groups in total. The quantitative estimate of drug-likeness (QED) is 0.876. The molecule has 2 aromatic carbocycles. The molecule has 0 spiro atoms. The van der Waals surface area contributed by atoms with Gasteiger partial charge in [-0.3, -0.25) is 4.79 Å². The Morgan fingerprint density at radius 3 is 2.38 bits per heavy atom. The van der Waals surface area contributed by atoms with Gasteiger partial charge in [-0.25, -0.2) is 0 Å². The lowest BCUT2D eigenvalue weighted by molar-refractivity contribution is -0.137. The zero-order valence-electron chi connectivity index (χ0n) is 12.7. The summed E-state index contributed by atoms with van der Waals surface area (Å²) in [6.45, 7) is 0. The van der Waals surface area contributed by atoms with E-state index in [4.69, 9.17) is 10.5 Å². The second-order valence-corrected chi connectivity index (χ2v) is 5.50. The van der Waals surface area contributed by atoms with Crippen molar-refractivity contribution in [1.29, 1.82) is 0 Å². The van der Waals surface area contributed by atoms with Gasteiger partial charge in [0, 0.05) is 11.8 Å². The predicted octanol–water partition coefficient (Wildman–Crippen LogP) is 3.13. The molecule has 1 aliphatic rings. The van der Waals surface area contributed by atoms with Gasteiger partial charge in [-0.2, -0.15) is 13.2 Å². The van der Waals surface area contributed by atoms with Crippen molar-refractivity contribution in [3.63, 3.8) is 0 Å². The maximum Gasteiger partial charge on any atom is 0.416 e. The van der Waals surface area contributed by atoms with Gasteiger partial charge in [0.25, 0.3) is 0 Å². The number of nitrogens with zero attached hydrogens (tertiary/aromatic N) is 1. The zero-order valence-corrected chi connectivity index (χ0v) is 12.7. The van der Waals surface area contributed by atoms with Crippen molar-refractivity contribution in [1.82, 2.24) is 0 Å². The van der Waals surface area contributed by atoms with E-state index in [0.717, 1.165) is 12.1 Å². The molecule has 0 aliphatic carbocycles. The molecule has 1 saturated heterocycles. The molecule has 0 radical (unpaired) electrons. The Hall–Kier alpha value is -2.54. The fourth-order valence-electron chi connectivity index (χ4n) is 2.79. The number of amides is 1. The lowest BCUT2D eigenvalue weighted by Gasteiger charge is -2.45. The molecule has 1 fully saturated rings. The average Bonchev–Trinajstić information content (AvgIpc) is 2.58. The average molecular weight is 336 g/mol. The van der Waals surface area contributed by atoms with Crippen LogP contribution in [0, 0.1) is 0 Å². The Kier molecular flexibility index (Phi) is 3.96. The number of carbonyl (C=O) groups excluding carboxylic acids is 1. The molecule has 2 atom stereocenters. The summed E-state index contributed by atoms with van der Waals surface area (Å²) in [5, 5.41) is 0. The summed E-state index contributed by atoms with van der Waals surface area (Å²) in [5.74, 6) is 0.292. The lowest BCUT2D eigenvalue weighted by Crippen LogP contribution is -2.63. The van der Waals surface area contributed by atoms with Gasteiger partial charge in [-0.15, -0.1) is 0 Å². The molecule has 3 rings (SSSR count). The van der Waals surface area contributed by atoms with E-state index < -0.39 is 23.8 Å². The third-order valence-corrected chi connectivity index (χ3v) is 4.05. The number of hydrogen-bond donors (Lipinski definition) is 1. The van der Waals surface area contributed by atoms with Crippen LogP contribution in [0.2, 0.25) is 0 Å². The number of methoxy groups -OCH3 is 1. The van der Waals surface area contributed by atoms with Crippen LogP contribution in [0.15, 0.2) is 48.5 Å². The first kappa shape index (κ1) is 16.3. The molecular weight excluding hydrogens is 321 g/mol. The van der Waals surface area contributed by atoms with Crippen molar-refractivity contribution in [2.24, 2.45) is 5.73 Å². The second kappa shape index (κ2) is 5.83. The highest BCUT2D eigenvalue weighted by Crippen LogP contribution is 2.40. The van der Waals surface area contributed by atoms with Gasteiger partial charge in [0.2, 0.25) is 5.91 Å². The standard InChI is InChI=1S/C17H15F3N2O2/c1-24-13-4-2-3-12(9-13)22-15(14(21)16(22)23)10-5-7-11(8-6-10)17(18,19)20/h2-9,14-15H,21H2,1H3. The highest BCUT2D eigenvalue weighted by Gasteiger charge is 2.46. The van der Waals surface area contributed by atoms with Crippen molar-refractivity contribution in [2.75, 3.05) is 12.0 Å². The molecule has 1 heterocycles. The van der Waals surface area contributed by atoms with Crippen LogP contribution in [0.25, 0.3) is 0 Å².